The van der Waals surface area contributed by atoms with Gasteiger partial charge in [0.05, 0.1) is 0 Å². The molecule has 2 heteroatoms. The van der Waals surface area contributed by atoms with Crippen molar-refractivity contribution in [1.82, 2.24) is 5.32 Å². The molecule has 1 atom stereocenters. The Kier molecular flexibility index (Phi) is 6.31. The Hall–Kier alpha value is -2.58. The first-order chi connectivity index (χ1) is 13.0. The van der Waals surface area contributed by atoms with Gasteiger partial charge in [0, 0.05) is 12.6 Å². The molecule has 3 rings (SSSR count). The van der Waals surface area contributed by atoms with E-state index in [9.17, 15) is 0 Å². The quantitative estimate of drug-likeness (QED) is 0.555. The molecule has 0 aliphatic heterocycles. The highest BCUT2D eigenvalue weighted by molar-refractivity contribution is 5.39. The van der Waals surface area contributed by atoms with E-state index in [0.717, 1.165) is 12.3 Å². The van der Waals surface area contributed by atoms with Crippen LogP contribution in [-0.2, 0) is 13.2 Å². The fourth-order valence-corrected chi connectivity index (χ4v) is 3.69. The van der Waals surface area contributed by atoms with Gasteiger partial charge < -0.3 is 10.1 Å². The smallest absolute Gasteiger partial charge is 0.119 e. The maximum absolute atomic E-state index is 5.86. The molecule has 0 aromatic heterocycles. The van der Waals surface area contributed by atoms with E-state index in [1.54, 1.807) is 0 Å². The molecule has 0 aliphatic carbocycles. The third kappa shape index (κ3) is 5.21. The Morgan fingerprint density at radius 3 is 2.07 bits per heavy atom. The zero-order valence-corrected chi connectivity index (χ0v) is 16.8. The minimum atomic E-state index is 0.319. The summed E-state index contributed by atoms with van der Waals surface area (Å²) in [6, 6.07) is 23.5. The number of hydrogen-bond donors (Lipinski definition) is 1. The van der Waals surface area contributed by atoms with Gasteiger partial charge in [0.1, 0.15) is 12.4 Å². The summed E-state index contributed by atoms with van der Waals surface area (Å²) in [6.45, 7) is 10.2. The zero-order valence-electron chi connectivity index (χ0n) is 16.8. The molecule has 0 aliphatic rings. The van der Waals surface area contributed by atoms with Crippen LogP contribution in [0.5, 0.6) is 5.75 Å². The summed E-state index contributed by atoms with van der Waals surface area (Å²) >= 11 is 0. The van der Waals surface area contributed by atoms with E-state index >= 15 is 0 Å². The third-order valence-electron chi connectivity index (χ3n) is 4.96. The molecule has 0 saturated carbocycles. The van der Waals surface area contributed by atoms with Gasteiger partial charge in [0.2, 0.25) is 0 Å². The lowest BCUT2D eigenvalue weighted by Crippen LogP contribution is -2.20. The SMILES string of the molecule is Cc1cc(C)c(C(C)NCc2ccc(OCc3ccccc3)cc2)c(C)c1. The standard InChI is InChI=1S/C25H29NO/c1-18-14-19(2)25(20(3)15-18)21(4)26-16-22-10-12-24(13-11-22)27-17-23-8-6-5-7-9-23/h5-15,21,26H,16-17H2,1-4H3. The van der Waals surface area contributed by atoms with Crippen LogP contribution >= 0.6 is 0 Å². The number of nitrogens with one attached hydrogen (secondary N) is 1. The van der Waals surface area contributed by atoms with E-state index in [1.807, 2.05) is 30.3 Å². The van der Waals surface area contributed by atoms with Gasteiger partial charge in [0.15, 0.2) is 0 Å². The van der Waals surface area contributed by atoms with Crippen LogP contribution in [0.1, 0.15) is 46.3 Å². The highest BCUT2D eigenvalue weighted by Crippen LogP contribution is 2.24. The predicted octanol–water partition coefficient (Wildman–Crippen LogP) is 6.04. The molecule has 0 fully saturated rings. The van der Waals surface area contributed by atoms with Gasteiger partial charge in [-0.1, -0.05) is 60.2 Å². The minimum absolute atomic E-state index is 0.319. The van der Waals surface area contributed by atoms with Crippen molar-refractivity contribution in [2.24, 2.45) is 0 Å². The maximum Gasteiger partial charge on any atom is 0.119 e. The summed E-state index contributed by atoms with van der Waals surface area (Å²) in [4.78, 5) is 0. The molecule has 0 radical (unpaired) electrons. The zero-order chi connectivity index (χ0) is 19.2. The van der Waals surface area contributed by atoms with Gasteiger partial charge in [-0.2, -0.15) is 0 Å². The van der Waals surface area contributed by atoms with Crippen molar-refractivity contribution in [1.29, 1.82) is 0 Å². The van der Waals surface area contributed by atoms with Crippen LogP contribution in [-0.4, -0.2) is 0 Å². The fourth-order valence-electron chi connectivity index (χ4n) is 3.69. The highest BCUT2D eigenvalue weighted by Gasteiger charge is 2.11. The molecule has 3 aromatic rings. The second kappa shape index (κ2) is 8.88. The minimum Gasteiger partial charge on any atom is -0.489 e. The van der Waals surface area contributed by atoms with Crippen LogP contribution in [0.2, 0.25) is 0 Å². The second-order valence-corrected chi connectivity index (χ2v) is 7.33. The molecule has 0 bridgehead atoms. The van der Waals surface area contributed by atoms with Gasteiger partial charge in [0.25, 0.3) is 0 Å². The molecule has 1 unspecified atom stereocenters. The van der Waals surface area contributed by atoms with Gasteiger partial charge in [-0.15, -0.1) is 0 Å². The molecule has 3 aromatic carbocycles. The number of hydrogen-bond acceptors (Lipinski definition) is 2. The van der Waals surface area contributed by atoms with Crippen LogP contribution in [0, 0.1) is 20.8 Å². The average Bonchev–Trinajstić information content (AvgIpc) is 2.65. The highest BCUT2D eigenvalue weighted by atomic mass is 16.5. The molecule has 1 N–H and O–H groups in total. The van der Waals surface area contributed by atoms with Crippen molar-refractivity contribution >= 4 is 0 Å². The van der Waals surface area contributed by atoms with Gasteiger partial charge in [-0.25, -0.2) is 0 Å². The monoisotopic (exact) mass is 359 g/mol. The summed E-state index contributed by atoms with van der Waals surface area (Å²) in [5, 5.41) is 3.65. The van der Waals surface area contributed by atoms with Crippen LogP contribution in [0.3, 0.4) is 0 Å². The molecule has 2 nitrogen and oxygen atoms in total. The van der Waals surface area contributed by atoms with Gasteiger partial charge in [-0.05, 0) is 67.6 Å². The largest absolute Gasteiger partial charge is 0.489 e. The Labute approximate surface area is 163 Å². The summed E-state index contributed by atoms with van der Waals surface area (Å²) in [5.41, 5.74) is 7.89. The Balaban J connectivity index is 1.55. The van der Waals surface area contributed by atoms with Crippen LogP contribution in [0.15, 0.2) is 66.7 Å². The van der Waals surface area contributed by atoms with E-state index in [0.29, 0.717) is 12.6 Å². The first-order valence-corrected chi connectivity index (χ1v) is 9.59. The van der Waals surface area contributed by atoms with Crippen molar-refractivity contribution in [3.8, 4) is 5.75 Å². The summed E-state index contributed by atoms with van der Waals surface area (Å²) < 4.78 is 5.86. The normalized spacial score (nSPS) is 12.0. The maximum atomic E-state index is 5.86. The predicted molar refractivity (Wildman–Crippen MR) is 113 cm³/mol. The molecular formula is C25H29NO. The number of rotatable bonds is 7. The summed E-state index contributed by atoms with van der Waals surface area (Å²) in [7, 11) is 0. The number of benzene rings is 3. The molecular weight excluding hydrogens is 330 g/mol. The number of aryl methyl sites for hydroxylation is 3. The Bertz CT molecular complexity index is 846. The molecule has 0 spiro atoms. The summed E-state index contributed by atoms with van der Waals surface area (Å²) in [5.74, 6) is 0.904. The molecule has 0 heterocycles. The third-order valence-corrected chi connectivity index (χ3v) is 4.96. The Morgan fingerprint density at radius 2 is 1.44 bits per heavy atom. The van der Waals surface area contributed by atoms with Crippen LogP contribution < -0.4 is 10.1 Å². The second-order valence-electron chi connectivity index (χ2n) is 7.33. The van der Waals surface area contributed by atoms with E-state index in [4.69, 9.17) is 4.74 Å². The van der Waals surface area contributed by atoms with Crippen LogP contribution in [0.4, 0.5) is 0 Å². The first kappa shape index (κ1) is 19.2. The van der Waals surface area contributed by atoms with Crippen molar-refractivity contribution in [3.63, 3.8) is 0 Å². The van der Waals surface area contributed by atoms with Crippen molar-refractivity contribution in [2.45, 2.75) is 46.9 Å². The first-order valence-electron chi connectivity index (χ1n) is 9.59. The molecule has 0 saturated heterocycles. The lowest BCUT2D eigenvalue weighted by atomic mass is 9.95. The molecule has 140 valence electrons. The van der Waals surface area contributed by atoms with E-state index < -0.39 is 0 Å². The van der Waals surface area contributed by atoms with Crippen molar-refractivity contribution in [2.75, 3.05) is 0 Å². The van der Waals surface area contributed by atoms with Gasteiger partial charge >= 0.3 is 0 Å². The Morgan fingerprint density at radius 1 is 0.815 bits per heavy atom. The van der Waals surface area contributed by atoms with Crippen molar-refractivity contribution < 1.29 is 4.74 Å². The average molecular weight is 360 g/mol. The van der Waals surface area contributed by atoms with E-state index in [2.05, 4.69) is 69.4 Å². The van der Waals surface area contributed by atoms with E-state index in [-0.39, 0.29) is 0 Å². The molecule has 0 amide bonds. The van der Waals surface area contributed by atoms with Crippen molar-refractivity contribution in [3.05, 3.63) is 100 Å². The lowest BCUT2D eigenvalue weighted by molar-refractivity contribution is 0.306. The molecule has 27 heavy (non-hydrogen) atoms. The lowest BCUT2D eigenvalue weighted by Gasteiger charge is -2.20. The summed E-state index contributed by atoms with van der Waals surface area (Å²) in [6.07, 6.45) is 0. The number of ether oxygens (including phenoxy) is 1. The topological polar surface area (TPSA) is 21.3 Å². The van der Waals surface area contributed by atoms with Crippen LogP contribution in [0.25, 0.3) is 0 Å². The van der Waals surface area contributed by atoms with Gasteiger partial charge in [-0.3, -0.25) is 0 Å². The fraction of sp³-hybridized carbons (Fsp3) is 0.280. The van der Waals surface area contributed by atoms with E-state index in [1.165, 1.54) is 33.4 Å².